The molecule has 3 rings (SSSR count). The Balaban J connectivity index is 1.65. The zero-order valence-corrected chi connectivity index (χ0v) is 17.2. The van der Waals surface area contributed by atoms with Crippen LogP contribution in [0.2, 0.25) is 0 Å². The van der Waals surface area contributed by atoms with E-state index in [4.69, 9.17) is 9.47 Å². The number of rotatable bonds is 9. The molecule has 29 heavy (non-hydrogen) atoms. The second-order valence-electron chi connectivity index (χ2n) is 7.18. The van der Waals surface area contributed by atoms with Gasteiger partial charge in [0.05, 0.1) is 26.3 Å². The molecule has 0 saturated heterocycles. The summed E-state index contributed by atoms with van der Waals surface area (Å²) in [5, 5.41) is 6.53. The molecule has 0 bridgehead atoms. The van der Waals surface area contributed by atoms with Crippen molar-refractivity contribution >= 4 is 5.96 Å². The second-order valence-corrected chi connectivity index (χ2v) is 7.18. The van der Waals surface area contributed by atoms with Crippen LogP contribution in [0.5, 0.6) is 11.6 Å². The van der Waals surface area contributed by atoms with Crippen LogP contribution in [0.25, 0.3) is 0 Å². The summed E-state index contributed by atoms with van der Waals surface area (Å²) >= 11 is 0. The van der Waals surface area contributed by atoms with E-state index in [0.29, 0.717) is 43.2 Å². The highest BCUT2D eigenvalue weighted by Gasteiger charge is 2.22. The number of aromatic nitrogens is 1. The van der Waals surface area contributed by atoms with E-state index in [1.165, 1.54) is 18.9 Å². The number of halogens is 1. The molecule has 2 aromatic rings. The number of benzene rings is 1. The van der Waals surface area contributed by atoms with E-state index < -0.39 is 0 Å². The van der Waals surface area contributed by atoms with Gasteiger partial charge in [0.25, 0.3) is 0 Å². The summed E-state index contributed by atoms with van der Waals surface area (Å²) in [5.41, 5.74) is 1.72. The Kier molecular flexibility index (Phi) is 7.27. The van der Waals surface area contributed by atoms with Crippen LogP contribution in [0.1, 0.15) is 43.9 Å². The number of nitrogens with zero attached hydrogens (tertiary/aromatic N) is 2. The fraction of sp³-hybridized carbons (Fsp3) is 0.455. The first-order valence-electron chi connectivity index (χ1n) is 10.1. The predicted molar refractivity (Wildman–Crippen MR) is 112 cm³/mol. The Morgan fingerprint density at radius 2 is 2.17 bits per heavy atom. The van der Waals surface area contributed by atoms with Gasteiger partial charge < -0.3 is 20.1 Å². The smallest absolute Gasteiger partial charge is 0.218 e. The maximum atomic E-state index is 14.4. The van der Waals surface area contributed by atoms with Crippen molar-refractivity contribution in [1.29, 1.82) is 0 Å². The minimum absolute atomic E-state index is 0.129. The predicted octanol–water partition coefficient (Wildman–Crippen LogP) is 3.83. The number of pyridine rings is 1. The topological polar surface area (TPSA) is 67.8 Å². The fourth-order valence-corrected chi connectivity index (χ4v) is 2.90. The first-order valence-corrected chi connectivity index (χ1v) is 10.1. The Morgan fingerprint density at radius 3 is 2.86 bits per heavy atom. The van der Waals surface area contributed by atoms with Gasteiger partial charge in [-0.05, 0) is 56.4 Å². The van der Waals surface area contributed by atoms with Gasteiger partial charge in [-0.15, -0.1) is 0 Å². The molecule has 1 atom stereocenters. The molecular formula is C22H29FN4O2. The van der Waals surface area contributed by atoms with Gasteiger partial charge in [-0.3, -0.25) is 0 Å². The third kappa shape index (κ3) is 6.07. The maximum absolute atomic E-state index is 14.4. The molecule has 0 spiro atoms. The number of guanidine groups is 1. The van der Waals surface area contributed by atoms with Crippen LogP contribution in [-0.4, -0.2) is 31.2 Å². The second kappa shape index (κ2) is 10.1. The molecule has 1 aliphatic rings. The molecule has 1 saturated carbocycles. The van der Waals surface area contributed by atoms with Crippen molar-refractivity contribution in [1.82, 2.24) is 15.6 Å². The van der Waals surface area contributed by atoms with Crippen LogP contribution in [0.4, 0.5) is 4.39 Å². The Hall–Kier alpha value is -2.83. The monoisotopic (exact) mass is 400 g/mol. The van der Waals surface area contributed by atoms with Gasteiger partial charge in [-0.1, -0.05) is 12.1 Å². The highest BCUT2D eigenvalue weighted by atomic mass is 19.1. The molecule has 7 heteroatoms. The normalized spacial score (nSPS) is 15.0. The number of ether oxygens (including phenoxy) is 2. The van der Waals surface area contributed by atoms with E-state index in [1.54, 1.807) is 19.4 Å². The van der Waals surface area contributed by atoms with Gasteiger partial charge in [-0.25, -0.2) is 14.4 Å². The molecule has 0 radical (unpaired) electrons. The zero-order chi connectivity index (χ0) is 20.6. The summed E-state index contributed by atoms with van der Waals surface area (Å²) in [5.74, 6) is 1.77. The summed E-state index contributed by atoms with van der Waals surface area (Å²) in [4.78, 5) is 8.80. The van der Waals surface area contributed by atoms with Crippen molar-refractivity contribution in [3.05, 3.63) is 53.5 Å². The van der Waals surface area contributed by atoms with E-state index in [-0.39, 0.29) is 11.9 Å². The van der Waals surface area contributed by atoms with E-state index >= 15 is 0 Å². The standard InChI is InChI=1S/C22H29FN4O2/c1-4-24-22(26-13-18-6-5-11-25-21(18)28-3)27-15(2)17-9-10-20(19(23)12-17)29-14-16-7-8-16/h5-6,9-12,15-16H,4,7-8,13-14H2,1-3H3,(H2,24,26,27). The van der Waals surface area contributed by atoms with Gasteiger partial charge in [-0.2, -0.15) is 0 Å². The lowest BCUT2D eigenvalue weighted by Crippen LogP contribution is -2.38. The van der Waals surface area contributed by atoms with Crippen LogP contribution in [0, 0.1) is 11.7 Å². The van der Waals surface area contributed by atoms with Gasteiger partial charge in [0, 0.05) is 18.3 Å². The molecule has 0 amide bonds. The van der Waals surface area contributed by atoms with Gasteiger partial charge in [0.15, 0.2) is 17.5 Å². The minimum atomic E-state index is -0.334. The summed E-state index contributed by atoms with van der Waals surface area (Å²) in [6.07, 6.45) is 4.04. The number of hydrogen-bond donors (Lipinski definition) is 2. The van der Waals surface area contributed by atoms with Gasteiger partial charge in [0.1, 0.15) is 0 Å². The first kappa shape index (κ1) is 20.9. The number of hydrogen-bond acceptors (Lipinski definition) is 4. The molecule has 0 aliphatic heterocycles. The maximum Gasteiger partial charge on any atom is 0.218 e. The fourth-order valence-electron chi connectivity index (χ4n) is 2.90. The summed E-state index contributed by atoms with van der Waals surface area (Å²) < 4.78 is 25.3. The molecule has 2 N–H and O–H groups in total. The van der Waals surface area contributed by atoms with Crippen molar-refractivity contribution in [3.63, 3.8) is 0 Å². The number of nitrogens with one attached hydrogen (secondary N) is 2. The quantitative estimate of drug-likeness (QED) is 0.495. The lowest BCUT2D eigenvalue weighted by Gasteiger charge is -2.19. The Bertz CT molecular complexity index is 839. The average molecular weight is 400 g/mol. The van der Waals surface area contributed by atoms with Gasteiger partial charge >= 0.3 is 0 Å². The van der Waals surface area contributed by atoms with Crippen LogP contribution >= 0.6 is 0 Å². The molecule has 156 valence electrons. The van der Waals surface area contributed by atoms with Crippen LogP contribution in [-0.2, 0) is 6.54 Å². The summed E-state index contributed by atoms with van der Waals surface area (Å²) in [7, 11) is 1.59. The Labute approximate surface area is 171 Å². The zero-order valence-electron chi connectivity index (χ0n) is 17.2. The molecule has 1 aromatic carbocycles. The molecule has 1 aliphatic carbocycles. The minimum Gasteiger partial charge on any atom is -0.490 e. The van der Waals surface area contributed by atoms with E-state index in [2.05, 4.69) is 20.6 Å². The average Bonchev–Trinajstić information content (AvgIpc) is 3.56. The van der Waals surface area contributed by atoms with Crippen molar-refractivity contribution < 1.29 is 13.9 Å². The first-order chi connectivity index (χ1) is 14.1. The largest absolute Gasteiger partial charge is 0.490 e. The van der Waals surface area contributed by atoms with Crippen molar-refractivity contribution in [3.8, 4) is 11.6 Å². The van der Waals surface area contributed by atoms with E-state index in [1.807, 2.05) is 32.0 Å². The van der Waals surface area contributed by atoms with Crippen molar-refractivity contribution in [2.24, 2.45) is 10.9 Å². The summed E-state index contributed by atoms with van der Waals surface area (Å²) in [6.45, 7) is 5.70. The molecule has 1 fully saturated rings. The molecule has 1 aromatic heterocycles. The van der Waals surface area contributed by atoms with Crippen LogP contribution < -0.4 is 20.1 Å². The number of aliphatic imine (C=N–C) groups is 1. The highest BCUT2D eigenvalue weighted by Crippen LogP contribution is 2.30. The third-order valence-corrected chi connectivity index (χ3v) is 4.78. The lowest BCUT2D eigenvalue weighted by molar-refractivity contribution is 0.285. The third-order valence-electron chi connectivity index (χ3n) is 4.78. The molecule has 6 nitrogen and oxygen atoms in total. The van der Waals surface area contributed by atoms with E-state index in [0.717, 1.165) is 11.1 Å². The SMILES string of the molecule is CCNC(=NCc1cccnc1OC)NC(C)c1ccc(OCC2CC2)c(F)c1. The van der Waals surface area contributed by atoms with Crippen molar-refractivity contribution in [2.45, 2.75) is 39.3 Å². The lowest BCUT2D eigenvalue weighted by atomic mass is 10.1. The Morgan fingerprint density at radius 1 is 1.34 bits per heavy atom. The summed E-state index contributed by atoms with van der Waals surface area (Å²) in [6, 6.07) is 8.76. The van der Waals surface area contributed by atoms with Gasteiger partial charge in [0.2, 0.25) is 5.88 Å². The van der Waals surface area contributed by atoms with Crippen LogP contribution in [0.15, 0.2) is 41.5 Å². The van der Waals surface area contributed by atoms with Crippen LogP contribution in [0.3, 0.4) is 0 Å². The molecule has 1 heterocycles. The number of methoxy groups -OCH3 is 1. The van der Waals surface area contributed by atoms with Crippen molar-refractivity contribution in [2.75, 3.05) is 20.3 Å². The molecular weight excluding hydrogens is 371 g/mol. The highest BCUT2D eigenvalue weighted by molar-refractivity contribution is 5.80. The molecule has 1 unspecified atom stereocenters. The van der Waals surface area contributed by atoms with E-state index in [9.17, 15) is 4.39 Å².